The SMILES string of the molecule is NS(=O)(=O)c1ccc(CCSc2cc(-c3ncc[nH]3)c(-c3ccc(F)cc3)cn2)cc1. The van der Waals surface area contributed by atoms with Gasteiger partial charge in [-0.25, -0.2) is 27.9 Å². The second kappa shape index (κ2) is 9.01. The quantitative estimate of drug-likeness (QED) is 0.406. The summed E-state index contributed by atoms with van der Waals surface area (Å²) < 4.78 is 36.0. The van der Waals surface area contributed by atoms with Crippen LogP contribution in [0.25, 0.3) is 22.5 Å². The minimum Gasteiger partial charge on any atom is -0.345 e. The number of rotatable bonds is 7. The summed E-state index contributed by atoms with van der Waals surface area (Å²) in [6, 6.07) is 14.8. The van der Waals surface area contributed by atoms with Crippen LogP contribution in [0.5, 0.6) is 0 Å². The number of aromatic nitrogens is 3. The molecule has 0 radical (unpaired) electrons. The fraction of sp³-hybridized carbons (Fsp3) is 0.0909. The summed E-state index contributed by atoms with van der Waals surface area (Å²) in [7, 11) is -3.68. The van der Waals surface area contributed by atoms with Crippen molar-refractivity contribution in [3.63, 3.8) is 0 Å². The Labute approximate surface area is 183 Å². The van der Waals surface area contributed by atoms with Crippen molar-refractivity contribution < 1.29 is 12.8 Å². The number of hydrogen-bond acceptors (Lipinski definition) is 5. The van der Waals surface area contributed by atoms with Gasteiger partial charge in [0.25, 0.3) is 0 Å². The van der Waals surface area contributed by atoms with Gasteiger partial charge >= 0.3 is 0 Å². The number of benzene rings is 2. The fourth-order valence-electron chi connectivity index (χ4n) is 3.10. The lowest BCUT2D eigenvalue weighted by molar-refractivity contribution is 0.597. The van der Waals surface area contributed by atoms with E-state index in [1.165, 1.54) is 24.3 Å². The highest BCUT2D eigenvalue weighted by atomic mass is 32.2. The smallest absolute Gasteiger partial charge is 0.238 e. The zero-order chi connectivity index (χ0) is 21.8. The van der Waals surface area contributed by atoms with E-state index < -0.39 is 10.0 Å². The molecule has 4 aromatic rings. The Kier molecular flexibility index (Phi) is 6.17. The molecule has 31 heavy (non-hydrogen) atoms. The maximum Gasteiger partial charge on any atom is 0.238 e. The van der Waals surface area contributed by atoms with Crippen molar-refractivity contribution in [1.29, 1.82) is 0 Å². The van der Waals surface area contributed by atoms with Gasteiger partial charge in [0.2, 0.25) is 10.0 Å². The Hall–Kier alpha value is -3.01. The van der Waals surface area contributed by atoms with Gasteiger partial charge in [-0.05, 0) is 47.9 Å². The number of aryl methyl sites for hydroxylation is 1. The molecule has 0 fully saturated rings. The summed E-state index contributed by atoms with van der Waals surface area (Å²) in [5.74, 6) is 1.18. The highest BCUT2D eigenvalue weighted by Gasteiger charge is 2.12. The number of pyridine rings is 1. The van der Waals surface area contributed by atoms with Gasteiger partial charge in [-0.15, -0.1) is 11.8 Å². The van der Waals surface area contributed by atoms with Crippen molar-refractivity contribution in [2.75, 3.05) is 5.75 Å². The first-order valence-electron chi connectivity index (χ1n) is 9.40. The molecule has 3 N–H and O–H groups in total. The molecule has 0 bridgehead atoms. The third-order valence-corrected chi connectivity index (χ3v) is 6.54. The Balaban J connectivity index is 1.51. The van der Waals surface area contributed by atoms with Crippen LogP contribution in [0.3, 0.4) is 0 Å². The maximum absolute atomic E-state index is 13.3. The zero-order valence-electron chi connectivity index (χ0n) is 16.3. The van der Waals surface area contributed by atoms with E-state index in [1.807, 2.05) is 6.07 Å². The minimum absolute atomic E-state index is 0.102. The van der Waals surface area contributed by atoms with Gasteiger partial charge in [0.1, 0.15) is 11.6 Å². The fourth-order valence-corrected chi connectivity index (χ4v) is 4.49. The van der Waals surface area contributed by atoms with E-state index in [1.54, 1.807) is 54.6 Å². The number of halogens is 1. The van der Waals surface area contributed by atoms with Crippen LogP contribution in [-0.4, -0.2) is 29.1 Å². The van der Waals surface area contributed by atoms with Crippen molar-refractivity contribution in [2.45, 2.75) is 16.3 Å². The average Bonchev–Trinajstić information content (AvgIpc) is 3.29. The van der Waals surface area contributed by atoms with Crippen molar-refractivity contribution in [3.8, 4) is 22.5 Å². The molecular formula is C22H19FN4O2S2. The van der Waals surface area contributed by atoms with E-state index in [2.05, 4.69) is 15.0 Å². The number of imidazole rings is 1. The van der Waals surface area contributed by atoms with E-state index in [9.17, 15) is 12.8 Å². The Bertz CT molecular complexity index is 1270. The molecule has 0 saturated carbocycles. The van der Waals surface area contributed by atoms with E-state index in [4.69, 9.17) is 5.14 Å². The van der Waals surface area contributed by atoms with Crippen LogP contribution in [0.2, 0.25) is 0 Å². The molecule has 0 aliphatic heterocycles. The molecule has 2 aromatic carbocycles. The van der Waals surface area contributed by atoms with E-state index in [0.717, 1.165) is 39.5 Å². The highest BCUT2D eigenvalue weighted by molar-refractivity contribution is 7.99. The lowest BCUT2D eigenvalue weighted by atomic mass is 10.0. The maximum atomic E-state index is 13.3. The lowest BCUT2D eigenvalue weighted by Gasteiger charge is -2.10. The summed E-state index contributed by atoms with van der Waals surface area (Å²) >= 11 is 1.59. The third kappa shape index (κ3) is 5.19. The molecule has 0 aliphatic carbocycles. The number of hydrogen-bond donors (Lipinski definition) is 2. The average molecular weight is 455 g/mol. The van der Waals surface area contributed by atoms with Gasteiger partial charge in [0.15, 0.2) is 0 Å². The second-order valence-corrected chi connectivity index (χ2v) is 9.48. The predicted octanol–water partition coefficient (Wildman–Crippen LogP) is 4.26. The molecule has 2 aromatic heterocycles. The zero-order valence-corrected chi connectivity index (χ0v) is 18.0. The van der Waals surface area contributed by atoms with Gasteiger partial charge in [0, 0.05) is 35.5 Å². The normalized spacial score (nSPS) is 11.5. The summed E-state index contributed by atoms with van der Waals surface area (Å²) in [5.41, 5.74) is 3.60. The number of H-pyrrole nitrogens is 1. The molecule has 0 unspecified atom stereocenters. The number of sulfonamides is 1. The lowest BCUT2D eigenvalue weighted by Crippen LogP contribution is -2.11. The van der Waals surface area contributed by atoms with Crippen molar-refractivity contribution >= 4 is 21.8 Å². The largest absolute Gasteiger partial charge is 0.345 e. The van der Waals surface area contributed by atoms with Crippen LogP contribution in [0.1, 0.15) is 5.56 Å². The Morgan fingerprint density at radius 1 is 1.00 bits per heavy atom. The third-order valence-electron chi connectivity index (χ3n) is 4.68. The molecule has 0 amide bonds. The number of nitrogens with two attached hydrogens (primary N) is 1. The topological polar surface area (TPSA) is 102 Å². The van der Waals surface area contributed by atoms with Crippen LogP contribution in [0.4, 0.5) is 4.39 Å². The summed E-state index contributed by atoms with van der Waals surface area (Å²) in [5, 5.41) is 5.96. The summed E-state index contributed by atoms with van der Waals surface area (Å²) in [6.07, 6.45) is 5.95. The number of aromatic amines is 1. The van der Waals surface area contributed by atoms with Gasteiger partial charge < -0.3 is 4.98 Å². The van der Waals surface area contributed by atoms with Gasteiger partial charge in [0.05, 0.1) is 9.92 Å². The van der Waals surface area contributed by atoms with Crippen molar-refractivity contribution in [3.05, 3.63) is 84.6 Å². The van der Waals surface area contributed by atoms with Crippen LogP contribution in [0.15, 0.2) is 83.1 Å². The van der Waals surface area contributed by atoms with Crippen LogP contribution < -0.4 is 5.14 Å². The standard InChI is InChI=1S/C22H19FN4O2S2/c23-17-5-3-16(4-6-17)20-14-27-21(13-19(20)22-25-10-11-26-22)30-12-9-15-1-7-18(8-2-15)31(24,28)29/h1-8,10-11,13-14H,9,12H2,(H,25,26)(H2,24,28,29). The summed E-state index contributed by atoms with van der Waals surface area (Å²) in [6.45, 7) is 0. The highest BCUT2D eigenvalue weighted by Crippen LogP contribution is 2.32. The first-order chi connectivity index (χ1) is 14.9. The van der Waals surface area contributed by atoms with E-state index >= 15 is 0 Å². The van der Waals surface area contributed by atoms with Gasteiger partial charge in [-0.2, -0.15) is 0 Å². The first kappa shape index (κ1) is 21.2. The molecule has 9 heteroatoms. The molecular weight excluding hydrogens is 435 g/mol. The number of primary sulfonamides is 1. The Morgan fingerprint density at radius 3 is 2.39 bits per heavy atom. The molecule has 4 rings (SSSR count). The van der Waals surface area contributed by atoms with Crippen LogP contribution in [-0.2, 0) is 16.4 Å². The molecule has 6 nitrogen and oxygen atoms in total. The molecule has 0 atom stereocenters. The van der Waals surface area contributed by atoms with E-state index in [-0.39, 0.29) is 10.7 Å². The molecule has 2 heterocycles. The number of nitrogens with zero attached hydrogens (tertiary/aromatic N) is 2. The number of thioether (sulfide) groups is 1. The van der Waals surface area contributed by atoms with Crippen LogP contribution >= 0.6 is 11.8 Å². The Morgan fingerprint density at radius 2 is 1.74 bits per heavy atom. The molecule has 0 spiro atoms. The van der Waals surface area contributed by atoms with E-state index in [0.29, 0.717) is 5.82 Å². The van der Waals surface area contributed by atoms with Crippen molar-refractivity contribution in [2.24, 2.45) is 5.14 Å². The van der Waals surface area contributed by atoms with Gasteiger partial charge in [-0.1, -0.05) is 24.3 Å². The number of nitrogens with one attached hydrogen (secondary N) is 1. The van der Waals surface area contributed by atoms with Crippen LogP contribution in [0, 0.1) is 5.82 Å². The summed E-state index contributed by atoms with van der Waals surface area (Å²) in [4.78, 5) is 12.1. The minimum atomic E-state index is -3.68. The predicted molar refractivity (Wildman–Crippen MR) is 119 cm³/mol. The first-order valence-corrected chi connectivity index (χ1v) is 11.9. The molecule has 158 valence electrons. The monoisotopic (exact) mass is 454 g/mol. The molecule has 0 saturated heterocycles. The van der Waals surface area contributed by atoms with Crippen molar-refractivity contribution in [1.82, 2.24) is 15.0 Å². The molecule has 0 aliphatic rings. The second-order valence-electron chi connectivity index (χ2n) is 6.80. The van der Waals surface area contributed by atoms with Gasteiger partial charge in [-0.3, -0.25) is 0 Å².